The van der Waals surface area contributed by atoms with E-state index in [2.05, 4.69) is 5.32 Å². The zero-order valence-electron chi connectivity index (χ0n) is 7.90. The number of rotatable bonds is 2. The van der Waals surface area contributed by atoms with Gasteiger partial charge in [-0.2, -0.15) is 0 Å². The van der Waals surface area contributed by atoms with Crippen LogP contribution in [0.1, 0.15) is 26.9 Å². The molecule has 0 aliphatic carbocycles. The lowest BCUT2D eigenvalue weighted by molar-refractivity contribution is 0.112. The highest BCUT2D eigenvalue weighted by Crippen LogP contribution is 2.29. The molecule has 2 rings (SSSR count). The summed E-state index contributed by atoms with van der Waals surface area (Å²) in [5, 5.41) is 3.27. The average Bonchev–Trinajstić information content (AvgIpc) is 2.67. The van der Waals surface area contributed by atoms with Crippen LogP contribution in [0.3, 0.4) is 0 Å². The van der Waals surface area contributed by atoms with Gasteiger partial charge in [-0.1, -0.05) is 0 Å². The molecule has 3 N–H and O–H groups in total. The van der Waals surface area contributed by atoms with Crippen LogP contribution >= 0.6 is 11.3 Å². The smallest absolute Gasteiger partial charge is 0.160 e. The van der Waals surface area contributed by atoms with Crippen LogP contribution in [0.5, 0.6) is 0 Å². The van der Waals surface area contributed by atoms with Gasteiger partial charge in [-0.3, -0.25) is 4.79 Å². The van der Waals surface area contributed by atoms with Gasteiger partial charge in [0, 0.05) is 23.4 Å². The zero-order chi connectivity index (χ0) is 9.97. The normalized spacial score (nSPS) is 27.5. The summed E-state index contributed by atoms with van der Waals surface area (Å²) in [6, 6.07) is 4.09. The number of carbonyl (C=O) groups is 1. The van der Waals surface area contributed by atoms with Crippen molar-refractivity contribution in [2.45, 2.75) is 18.4 Å². The summed E-state index contributed by atoms with van der Waals surface area (Å²) in [5.74, 6) is 0.426. The summed E-state index contributed by atoms with van der Waals surface area (Å²) in [6.45, 7) is 1.89. The van der Waals surface area contributed by atoms with Gasteiger partial charge in [0.1, 0.15) is 0 Å². The van der Waals surface area contributed by atoms with Crippen molar-refractivity contribution < 1.29 is 4.79 Å². The minimum atomic E-state index is 0.182. The van der Waals surface area contributed by atoms with Gasteiger partial charge in [-0.15, -0.1) is 11.3 Å². The molecule has 0 aromatic carbocycles. The third-order valence-corrected chi connectivity index (χ3v) is 3.80. The molecule has 0 amide bonds. The van der Waals surface area contributed by atoms with Crippen LogP contribution in [0, 0.1) is 0 Å². The average molecular weight is 210 g/mol. The summed E-state index contributed by atoms with van der Waals surface area (Å²) in [6.07, 6.45) is 1.97. The van der Waals surface area contributed by atoms with Crippen molar-refractivity contribution in [2.24, 2.45) is 5.73 Å². The van der Waals surface area contributed by atoms with Crippen LogP contribution in [-0.2, 0) is 0 Å². The Labute approximate surface area is 87.3 Å². The van der Waals surface area contributed by atoms with Gasteiger partial charge in [0.25, 0.3) is 0 Å². The summed E-state index contributed by atoms with van der Waals surface area (Å²) in [4.78, 5) is 12.6. The lowest BCUT2D eigenvalue weighted by atomic mass is 9.92. The molecule has 0 spiro atoms. The Hall–Kier alpha value is -0.710. The molecular weight excluding hydrogens is 196 g/mol. The maximum absolute atomic E-state index is 10.6. The molecule has 2 unspecified atom stereocenters. The molecule has 1 aromatic heterocycles. The molecule has 2 heterocycles. The Morgan fingerprint density at radius 3 is 3.07 bits per heavy atom. The number of hydrogen-bond donors (Lipinski definition) is 2. The van der Waals surface area contributed by atoms with E-state index in [4.69, 9.17) is 5.73 Å². The molecule has 1 aliphatic heterocycles. The standard InChI is InChI=1S/C10H14N2OS/c11-9-5-12-4-3-8(9)10-2-1-7(6-13)14-10/h1-2,6,8-9,12H,3-5,11H2. The Bertz CT molecular complexity index is 324. The van der Waals surface area contributed by atoms with Gasteiger partial charge < -0.3 is 11.1 Å². The SMILES string of the molecule is NC1CNCCC1c1ccc(C=O)s1. The van der Waals surface area contributed by atoms with Crippen molar-refractivity contribution in [3.8, 4) is 0 Å². The first-order valence-electron chi connectivity index (χ1n) is 4.82. The Morgan fingerprint density at radius 1 is 1.57 bits per heavy atom. The van der Waals surface area contributed by atoms with E-state index < -0.39 is 0 Å². The summed E-state index contributed by atoms with van der Waals surface area (Å²) >= 11 is 1.57. The molecule has 1 aromatic rings. The molecule has 0 saturated carbocycles. The van der Waals surface area contributed by atoms with Crippen molar-refractivity contribution in [2.75, 3.05) is 13.1 Å². The highest BCUT2D eigenvalue weighted by Gasteiger charge is 2.24. The molecule has 1 saturated heterocycles. The summed E-state index contributed by atoms with van der Waals surface area (Å²) < 4.78 is 0. The van der Waals surface area contributed by atoms with Crippen LogP contribution in [0.25, 0.3) is 0 Å². The lowest BCUT2D eigenvalue weighted by Crippen LogP contribution is -2.44. The van der Waals surface area contributed by atoms with E-state index in [1.165, 1.54) is 4.88 Å². The van der Waals surface area contributed by atoms with Crippen LogP contribution < -0.4 is 11.1 Å². The molecule has 76 valence electrons. The highest BCUT2D eigenvalue weighted by molar-refractivity contribution is 7.13. The van der Waals surface area contributed by atoms with Crippen LogP contribution in [0.15, 0.2) is 12.1 Å². The molecule has 0 bridgehead atoms. The number of nitrogens with two attached hydrogens (primary N) is 1. The van der Waals surface area contributed by atoms with Crippen LogP contribution in [-0.4, -0.2) is 25.4 Å². The third-order valence-electron chi connectivity index (χ3n) is 2.66. The van der Waals surface area contributed by atoms with Crippen molar-refractivity contribution in [3.63, 3.8) is 0 Å². The first-order chi connectivity index (χ1) is 6.81. The molecular formula is C10H14N2OS. The molecule has 14 heavy (non-hydrogen) atoms. The number of hydrogen-bond acceptors (Lipinski definition) is 4. The summed E-state index contributed by atoms with van der Waals surface area (Å²) in [5.41, 5.74) is 6.02. The number of nitrogens with one attached hydrogen (secondary N) is 1. The number of piperidine rings is 1. The van der Waals surface area contributed by atoms with E-state index in [0.717, 1.165) is 30.7 Å². The van der Waals surface area contributed by atoms with E-state index >= 15 is 0 Å². The highest BCUT2D eigenvalue weighted by atomic mass is 32.1. The van der Waals surface area contributed by atoms with Crippen LogP contribution in [0.2, 0.25) is 0 Å². The minimum absolute atomic E-state index is 0.182. The van der Waals surface area contributed by atoms with Gasteiger partial charge in [0.2, 0.25) is 0 Å². The molecule has 0 radical (unpaired) electrons. The maximum atomic E-state index is 10.6. The quantitative estimate of drug-likeness (QED) is 0.715. The summed E-state index contributed by atoms with van der Waals surface area (Å²) in [7, 11) is 0. The molecule has 2 atom stereocenters. The second kappa shape index (κ2) is 4.21. The van der Waals surface area contributed by atoms with Gasteiger partial charge >= 0.3 is 0 Å². The van der Waals surface area contributed by atoms with Crippen molar-refractivity contribution in [1.82, 2.24) is 5.32 Å². The fourth-order valence-corrected chi connectivity index (χ4v) is 2.90. The Morgan fingerprint density at radius 2 is 2.43 bits per heavy atom. The van der Waals surface area contributed by atoms with E-state index in [0.29, 0.717) is 5.92 Å². The second-order valence-electron chi connectivity index (χ2n) is 3.62. The number of thiophene rings is 1. The van der Waals surface area contributed by atoms with Gasteiger partial charge in [0.15, 0.2) is 6.29 Å². The van der Waals surface area contributed by atoms with E-state index in [9.17, 15) is 4.79 Å². The number of aldehydes is 1. The molecule has 1 fully saturated rings. The third kappa shape index (κ3) is 1.87. The van der Waals surface area contributed by atoms with Crippen molar-refractivity contribution in [3.05, 3.63) is 21.9 Å². The van der Waals surface area contributed by atoms with Gasteiger partial charge in [-0.25, -0.2) is 0 Å². The van der Waals surface area contributed by atoms with Gasteiger partial charge in [-0.05, 0) is 25.1 Å². The second-order valence-corrected chi connectivity index (χ2v) is 4.77. The predicted octanol–water partition coefficient (Wildman–Crippen LogP) is 0.965. The maximum Gasteiger partial charge on any atom is 0.160 e. The van der Waals surface area contributed by atoms with E-state index in [-0.39, 0.29) is 6.04 Å². The van der Waals surface area contributed by atoms with E-state index in [1.54, 1.807) is 11.3 Å². The minimum Gasteiger partial charge on any atom is -0.326 e. The van der Waals surface area contributed by atoms with Crippen molar-refractivity contribution in [1.29, 1.82) is 0 Å². The monoisotopic (exact) mass is 210 g/mol. The van der Waals surface area contributed by atoms with Gasteiger partial charge in [0.05, 0.1) is 4.88 Å². The zero-order valence-corrected chi connectivity index (χ0v) is 8.72. The molecule has 4 heteroatoms. The van der Waals surface area contributed by atoms with Crippen molar-refractivity contribution >= 4 is 17.6 Å². The molecule has 1 aliphatic rings. The fourth-order valence-electron chi connectivity index (χ4n) is 1.87. The molecule has 3 nitrogen and oxygen atoms in total. The largest absolute Gasteiger partial charge is 0.326 e. The first-order valence-corrected chi connectivity index (χ1v) is 5.64. The Balaban J connectivity index is 2.16. The predicted molar refractivity (Wildman–Crippen MR) is 57.9 cm³/mol. The first kappa shape index (κ1) is 9.83. The number of carbonyl (C=O) groups excluding carboxylic acids is 1. The Kier molecular flexibility index (Phi) is 2.96. The van der Waals surface area contributed by atoms with E-state index in [1.807, 2.05) is 12.1 Å². The topological polar surface area (TPSA) is 55.1 Å². The lowest BCUT2D eigenvalue weighted by Gasteiger charge is -2.28. The fraction of sp³-hybridized carbons (Fsp3) is 0.500. The van der Waals surface area contributed by atoms with Crippen LogP contribution in [0.4, 0.5) is 0 Å².